The second-order valence-corrected chi connectivity index (χ2v) is 21.3. The summed E-state index contributed by atoms with van der Waals surface area (Å²) in [5.41, 5.74) is 2.07. The van der Waals surface area contributed by atoms with Gasteiger partial charge in [-0.2, -0.15) is 8.78 Å². The third kappa shape index (κ3) is 11.8. The van der Waals surface area contributed by atoms with Crippen molar-refractivity contribution >= 4 is 76.2 Å². The Bertz CT molecular complexity index is 2700. The molecule has 6 atom stereocenters. The van der Waals surface area contributed by atoms with Crippen molar-refractivity contribution in [2.24, 2.45) is 17.6 Å². The number of thiophene rings is 1. The fraction of sp³-hybridized carbons (Fsp3) is 0.510. The van der Waals surface area contributed by atoms with Crippen molar-refractivity contribution in [1.29, 1.82) is 0 Å². The number of hydrogen-bond acceptors (Lipinski definition) is 10. The highest BCUT2D eigenvalue weighted by molar-refractivity contribution is 7.52. The molecule has 374 valence electrons. The number of carbonyl (C=O) groups is 8. The summed E-state index contributed by atoms with van der Waals surface area (Å²) in [6.07, 6.45) is 6.96. The molecule has 1 aromatic heterocycles. The number of likely N-dealkylation sites (tertiary alicyclic amines) is 1. The van der Waals surface area contributed by atoms with Crippen molar-refractivity contribution in [1.82, 2.24) is 25.8 Å². The Labute approximate surface area is 407 Å². The van der Waals surface area contributed by atoms with Crippen LogP contribution in [0.4, 0.5) is 8.78 Å². The quantitative estimate of drug-likeness (QED) is 0.0333. The molecule has 0 spiro atoms. The maximum Gasteiger partial charge on any atom is 0.399 e. The van der Waals surface area contributed by atoms with Crippen molar-refractivity contribution in [3.63, 3.8) is 0 Å². The minimum atomic E-state index is -5.83. The molecule has 1 unspecified atom stereocenters. The molecule has 21 heteroatoms. The van der Waals surface area contributed by atoms with Gasteiger partial charge in [-0.3, -0.25) is 48.2 Å². The number of Topliss-reactive ketones (excluding diaryl/α,β-unsaturated/α-hetero) is 1. The number of unbranched alkanes of at least 4 members (excludes halogenated alkanes) is 6. The molecule has 7 amide bonds. The summed E-state index contributed by atoms with van der Waals surface area (Å²) in [5, 5.41) is 8.06. The van der Waals surface area contributed by atoms with Gasteiger partial charge in [-0.05, 0) is 91.6 Å². The first-order valence-corrected chi connectivity index (χ1v) is 26.2. The molecular weight excluding hydrogens is 950 g/mol. The van der Waals surface area contributed by atoms with E-state index in [1.165, 1.54) is 21.9 Å². The molecule has 4 heterocycles. The highest BCUT2D eigenvalue weighted by Gasteiger charge is 2.58. The van der Waals surface area contributed by atoms with E-state index in [4.69, 9.17) is 5.73 Å². The summed E-state index contributed by atoms with van der Waals surface area (Å²) in [5.74, 6) is 2.61. The second-order valence-electron chi connectivity index (χ2n) is 18.5. The number of benzene rings is 2. The first-order chi connectivity index (χ1) is 33.3. The van der Waals surface area contributed by atoms with Gasteiger partial charge in [0.15, 0.2) is 5.78 Å². The van der Waals surface area contributed by atoms with E-state index in [0.717, 1.165) is 54.7 Å². The number of alkyl halides is 2. The second kappa shape index (κ2) is 22.0. The lowest BCUT2D eigenvalue weighted by Gasteiger charge is -2.31. The van der Waals surface area contributed by atoms with E-state index in [-0.39, 0.29) is 91.3 Å². The van der Waals surface area contributed by atoms with Gasteiger partial charge in [0, 0.05) is 60.2 Å². The number of piperidine rings is 2. The fourth-order valence-electron chi connectivity index (χ4n) is 9.57. The van der Waals surface area contributed by atoms with Crippen LogP contribution in [0.5, 0.6) is 0 Å². The van der Waals surface area contributed by atoms with Gasteiger partial charge in [0.25, 0.3) is 11.8 Å². The van der Waals surface area contributed by atoms with E-state index >= 15 is 0 Å². The largest absolute Gasteiger partial charge is 0.399 e. The number of fused-ring (bicyclic) bond motifs is 3. The minimum Gasteiger partial charge on any atom is -0.370 e. The number of nitrogens with one attached hydrogen (secondary N) is 3. The first kappa shape index (κ1) is 52.0. The lowest BCUT2D eigenvalue weighted by molar-refractivity contribution is -0.142. The van der Waals surface area contributed by atoms with Crippen LogP contribution in [-0.4, -0.2) is 97.4 Å². The van der Waals surface area contributed by atoms with Crippen molar-refractivity contribution < 1.29 is 61.5 Å². The zero-order valence-corrected chi connectivity index (χ0v) is 40.4. The molecule has 1 saturated carbocycles. The van der Waals surface area contributed by atoms with E-state index in [9.17, 15) is 61.5 Å². The normalized spacial score (nSPS) is 20.5. The number of ketones is 1. The van der Waals surface area contributed by atoms with Crippen molar-refractivity contribution in [2.75, 3.05) is 6.54 Å². The standard InChI is InChI=1S/C49H57F2N6O11PS/c1-2-3-15-36(54-45(62)40-25-29-23-31(17-20-39(29)70-40)49(50,51)69(66,67)68)48(65)57-26-30-24-33(30)43(57)46(63)53-35(18-21-41(52)59)38(58)16-10-8-6-4-5-7-9-12-28-13-11-14-32-34(28)27-56(47(32)64)37-19-22-42(60)55-44(37)61/h11,13-14,17,20,23,25,30,33,35-37,43H,2-8,10,15-16,18-19,21-22,24,26-27H2,1H3,(H2,52,59)(H,53,63)(H,54,62)(H,55,60,61)(H2,66,67,68)/t30-,33-,35-,36-,37?,43+/m0/s1. The number of rotatable bonds is 22. The molecule has 3 fully saturated rings. The lowest BCUT2D eigenvalue weighted by atomic mass is 9.99. The number of nitrogens with two attached hydrogens (primary N) is 1. The summed E-state index contributed by atoms with van der Waals surface area (Å²) in [4.78, 5) is 126. The first-order valence-electron chi connectivity index (χ1n) is 23.7. The number of amides is 7. The topological polar surface area (TPSA) is 263 Å². The Morgan fingerprint density at radius 3 is 2.46 bits per heavy atom. The maximum absolute atomic E-state index is 14.4. The van der Waals surface area contributed by atoms with E-state index < -0.39 is 72.5 Å². The number of halogens is 2. The number of imide groups is 1. The summed E-state index contributed by atoms with van der Waals surface area (Å²) < 4.78 is 40.8. The minimum absolute atomic E-state index is 0.0101. The molecule has 4 aliphatic rings. The average molecular weight is 1010 g/mol. The summed E-state index contributed by atoms with van der Waals surface area (Å²) in [7, 11) is -5.83. The third-order valence-corrected chi connectivity index (χ3v) is 15.6. The van der Waals surface area contributed by atoms with Gasteiger partial charge in [0.1, 0.15) is 18.1 Å². The molecule has 0 bridgehead atoms. The Morgan fingerprint density at radius 2 is 1.73 bits per heavy atom. The zero-order chi connectivity index (χ0) is 50.5. The smallest absolute Gasteiger partial charge is 0.370 e. The molecule has 7 N–H and O–H groups in total. The molecular formula is C49H57F2N6O11PS. The molecule has 17 nitrogen and oxygen atoms in total. The van der Waals surface area contributed by atoms with Crippen LogP contribution in [0.3, 0.4) is 0 Å². The van der Waals surface area contributed by atoms with Crippen LogP contribution in [0, 0.1) is 23.7 Å². The lowest BCUT2D eigenvalue weighted by Crippen LogP contribution is -2.56. The molecule has 0 radical (unpaired) electrons. The van der Waals surface area contributed by atoms with E-state index in [1.54, 1.807) is 12.1 Å². The monoisotopic (exact) mass is 1010 g/mol. The van der Waals surface area contributed by atoms with Crippen LogP contribution >= 0.6 is 18.9 Å². The SMILES string of the molecule is CCCC[C@H](NC(=O)c1cc2cc(C(F)(F)P(=O)(O)O)ccc2s1)C(=O)N1C[C@@H]2C[C@@H]2[C@@H]1C(=O)N[C@@H](CCC(N)=O)C(=O)CCCCCCCC#Cc1cccc2c1CN(C1CCC(=O)NC1=O)C2=O. The van der Waals surface area contributed by atoms with Gasteiger partial charge in [0.2, 0.25) is 29.5 Å². The molecule has 2 aromatic carbocycles. The number of hydrogen-bond donors (Lipinski definition) is 6. The number of carbonyl (C=O) groups excluding carboxylic acids is 8. The molecule has 3 aliphatic heterocycles. The Morgan fingerprint density at radius 1 is 0.971 bits per heavy atom. The van der Waals surface area contributed by atoms with Crippen molar-refractivity contribution in [2.45, 2.75) is 140 Å². The number of nitrogens with zero attached hydrogens (tertiary/aromatic N) is 2. The van der Waals surface area contributed by atoms with Gasteiger partial charge < -0.3 is 36.0 Å². The Balaban J connectivity index is 0.897. The van der Waals surface area contributed by atoms with E-state index in [2.05, 4.69) is 27.8 Å². The molecule has 2 saturated heterocycles. The summed E-state index contributed by atoms with van der Waals surface area (Å²) >= 11 is 0.955. The van der Waals surface area contributed by atoms with Crippen LogP contribution in [-0.2, 0) is 45.5 Å². The van der Waals surface area contributed by atoms with Crippen molar-refractivity contribution in [3.8, 4) is 11.8 Å². The molecule has 1 aliphatic carbocycles. The van der Waals surface area contributed by atoms with Gasteiger partial charge in [0.05, 0.1) is 10.9 Å². The van der Waals surface area contributed by atoms with Gasteiger partial charge in [-0.1, -0.05) is 63.0 Å². The molecule has 7 rings (SSSR count). The Kier molecular flexibility index (Phi) is 16.4. The predicted molar refractivity (Wildman–Crippen MR) is 253 cm³/mol. The van der Waals surface area contributed by atoms with E-state index in [0.29, 0.717) is 47.9 Å². The fourth-order valence-corrected chi connectivity index (χ4v) is 11.0. The van der Waals surface area contributed by atoms with Gasteiger partial charge in [-0.15, -0.1) is 11.3 Å². The maximum atomic E-state index is 14.4. The summed E-state index contributed by atoms with van der Waals surface area (Å²) in [6.45, 7) is 2.42. The number of primary amides is 1. The summed E-state index contributed by atoms with van der Waals surface area (Å²) in [6, 6.07) is 5.99. The van der Waals surface area contributed by atoms with E-state index in [1.807, 2.05) is 13.0 Å². The highest BCUT2D eigenvalue weighted by Crippen LogP contribution is 2.59. The van der Waals surface area contributed by atoms with Gasteiger partial charge >= 0.3 is 13.3 Å². The molecule has 3 aromatic rings. The Hall–Kier alpha value is -5.87. The predicted octanol–water partition coefficient (Wildman–Crippen LogP) is 5.13. The van der Waals surface area contributed by atoms with Gasteiger partial charge in [-0.25, -0.2) is 0 Å². The van der Waals surface area contributed by atoms with Crippen LogP contribution in [0.2, 0.25) is 0 Å². The molecule has 70 heavy (non-hydrogen) atoms. The average Bonchev–Trinajstić information content (AvgIpc) is 3.59. The highest BCUT2D eigenvalue weighted by atomic mass is 32.1. The van der Waals surface area contributed by atoms with Crippen LogP contribution in [0.1, 0.15) is 140 Å². The third-order valence-electron chi connectivity index (χ3n) is 13.5. The van der Waals surface area contributed by atoms with Crippen LogP contribution in [0.25, 0.3) is 10.1 Å². The van der Waals surface area contributed by atoms with Crippen molar-refractivity contribution in [3.05, 3.63) is 69.6 Å². The zero-order valence-electron chi connectivity index (χ0n) is 38.7. The van der Waals surface area contributed by atoms with Crippen LogP contribution in [0.15, 0.2) is 42.5 Å². The van der Waals surface area contributed by atoms with Crippen LogP contribution < -0.4 is 21.7 Å².